The maximum atomic E-state index is 11.1. The number of amides is 1. The number of nitrogens with one attached hydrogen (secondary N) is 2. The highest BCUT2D eigenvalue weighted by molar-refractivity contribution is 5.76. The first-order chi connectivity index (χ1) is 5.83. The summed E-state index contributed by atoms with van der Waals surface area (Å²) >= 11 is 0. The summed E-state index contributed by atoms with van der Waals surface area (Å²) in [7, 11) is 0. The highest BCUT2D eigenvalue weighted by Gasteiger charge is 2.16. The van der Waals surface area contributed by atoms with E-state index in [1.54, 1.807) is 0 Å². The van der Waals surface area contributed by atoms with Crippen LogP contribution in [0.15, 0.2) is 0 Å². The van der Waals surface area contributed by atoms with Gasteiger partial charge in [0.05, 0.1) is 6.61 Å². The van der Waals surface area contributed by atoms with Gasteiger partial charge in [-0.15, -0.1) is 0 Å². The molecule has 0 radical (unpaired) electrons. The zero-order valence-electron chi connectivity index (χ0n) is 7.18. The number of aliphatic hydroxyl groups is 1. The molecule has 1 fully saturated rings. The molecule has 1 aliphatic heterocycles. The summed E-state index contributed by atoms with van der Waals surface area (Å²) in [6, 6.07) is 0.351. The van der Waals surface area contributed by atoms with E-state index in [1.165, 1.54) is 0 Å². The van der Waals surface area contributed by atoms with Gasteiger partial charge in [-0.25, -0.2) is 0 Å². The van der Waals surface area contributed by atoms with Crippen LogP contribution >= 0.6 is 0 Å². The standard InChI is InChI=1S/C8H16N2O2/c11-5-4-10-8(12)6-7-2-1-3-9-7/h7,9,11H,1-6H2,(H,10,12). The second kappa shape index (κ2) is 5.11. The first-order valence-electron chi connectivity index (χ1n) is 4.44. The van der Waals surface area contributed by atoms with Crippen LogP contribution in [0.2, 0.25) is 0 Å². The molecule has 1 heterocycles. The Morgan fingerprint density at radius 1 is 1.67 bits per heavy atom. The van der Waals surface area contributed by atoms with Gasteiger partial charge in [-0.1, -0.05) is 0 Å². The molecule has 0 saturated carbocycles. The highest BCUT2D eigenvalue weighted by Crippen LogP contribution is 2.07. The van der Waals surface area contributed by atoms with Crippen molar-refractivity contribution < 1.29 is 9.90 Å². The van der Waals surface area contributed by atoms with Crippen molar-refractivity contribution in [3.63, 3.8) is 0 Å². The third-order valence-electron chi connectivity index (χ3n) is 2.03. The van der Waals surface area contributed by atoms with E-state index >= 15 is 0 Å². The second-order valence-electron chi connectivity index (χ2n) is 3.07. The molecule has 0 bridgehead atoms. The summed E-state index contributed by atoms with van der Waals surface area (Å²) in [6.07, 6.45) is 2.80. The number of hydrogen-bond acceptors (Lipinski definition) is 3. The molecule has 4 nitrogen and oxygen atoms in total. The topological polar surface area (TPSA) is 61.4 Å². The van der Waals surface area contributed by atoms with Crippen molar-refractivity contribution in [3.05, 3.63) is 0 Å². The predicted octanol–water partition coefficient (Wildman–Crippen LogP) is -0.763. The zero-order valence-corrected chi connectivity index (χ0v) is 7.18. The minimum Gasteiger partial charge on any atom is -0.395 e. The Hall–Kier alpha value is -0.610. The molecule has 1 amide bonds. The van der Waals surface area contributed by atoms with Crippen LogP contribution in [-0.4, -0.2) is 36.8 Å². The molecule has 4 heteroatoms. The van der Waals surface area contributed by atoms with Crippen molar-refractivity contribution in [1.29, 1.82) is 0 Å². The molecule has 12 heavy (non-hydrogen) atoms. The van der Waals surface area contributed by atoms with Crippen molar-refractivity contribution in [1.82, 2.24) is 10.6 Å². The second-order valence-corrected chi connectivity index (χ2v) is 3.07. The summed E-state index contributed by atoms with van der Waals surface area (Å²) < 4.78 is 0. The maximum absolute atomic E-state index is 11.1. The van der Waals surface area contributed by atoms with Crippen LogP contribution in [0, 0.1) is 0 Å². The fourth-order valence-corrected chi connectivity index (χ4v) is 1.42. The summed E-state index contributed by atoms with van der Waals surface area (Å²) in [4.78, 5) is 11.1. The monoisotopic (exact) mass is 172 g/mol. The van der Waals surface area contributed by atoms with Gasteiger partial charge in [0.15, 0.2) is 0 Å². The van der Waals surface area contributed by atoms with Gasteiger partial charge in [-0.3, -0.25) is 4.79 Å². The predicted molar refractivity (Wildman–Crippen MR) is 45.7 cm³/mol. The number of hydrogen-bond donors (Lipinski definition) is 3. The Morgan fingerprint density at radius 2 is 2.50 bits per heavy atom. The van der Waals surface area contributed by atoms with E-state index in [9.17, 15) is 4.79 Å². The van der Waals surface area contributed by atoms with Gasteiger partial charge < -0.3 is 15.7 Å². The van der Waals surface area contributed by atoms with Crippen molar-refractivity contribution in [2.24, 2.45) is 0 Å². The van der Waals surface area contributed by atoms with Gasteiger partial charge in [0.25, 0.3) is 0 Å². The van der Waals surface area contributed by atoms with Crippen molar-refractivity contribution in [3.8, 4) is 0 Å². The molecule has 0 spiro atoms. The first-order valence-corrected chi connectivity index (χ1v) is 4.44. The maximum Gasteiger partial charge on any atom is 0.221 e. The van der Waals surface area contributed by atoms with Crippen molar-refractivity contribution >= 4 is 5.91 Å². The Balaban J connectivity index is 2.08. The molecule has 0 aliphatic carbocycles. The average molecular weight is 172 g/mol. The Labute approximate surface area is 72.3 Å². The van der Waals surface area contributed by atoms with E-state index < -0.39 is 0 Å². The number of carbonyl (C=O) groups is 1. The normalized spacial score (nSPS) is 22.6. The van der Waals surface area contributed by atoms with Crippen molar-refractivity contribution in [2.45, 2.75) is 25.3 Å². The van der Waals surface area contributed by atoms with E-state index in [2.05, 4.69) is 10.6 Å². The van der Waals surface area contributed by atoms with Gasteiger partial charge >= 0.3 is 0 Å². The molecule has 0 aromatic rings. The lowest BCUT2D eigenvalue weighted by molar-refractivity contribution is -0.121. The Kier molecular flexibility index (Phi) is 4.04. The molecule has 1 saturated heterocycles. The van der Waals surface area contributed by atoms with Crippen LogP contribution in [0.3, 0.4) is 0 Å². The lowest BCUT2D eigenvalue weighted by Gasteiger charge is -2.09. The van der Waals surface area contributed by atoms with E-state index in [1.807, 2.05) is 0 Å². The van der Waals surface area contributed by atoms with E-state index in [4.69, 9.17) is 5.11 Å². The molecule has 3 N–H and O–H groups in total. The molecule has 70 valence electrons. The van der Waals surface area contributed by atoms with Crippen LogP contribution < -0.4 is 10.6 Å². The Morgan fingerprint density at radius 3 is 3.08 bits per heavy atom. The van der Waals surface area contributed by atoms with E-state index in [0.29, 0.717) is 19.0 Å². The lowest BCUT2D eigenvalue weighted by Crippen LogP contribution is -2.33. The average Bonchev–Trinajstić information content (AvgIpc) is 2.53. The molecule has 0 aromatic heterocycles. The van der Waals surface area contributed by atoms with Gasteiger partial charge in [-0.2, -0.15) is 0 Å². The quantitative estimate of drug-likeness (QED) is 0.522. The molecule has 1 unspecified atom stereocenters. The fraction of sp³-hybridized carbons (Fsp3) is 0.875. The minimum atomic E-state index is 0.0177. The number of carbonyl (C=O) groups excluding carboxylic acids is 1. The fourth-order valence-electron chi connectivity index (χ4n) is 1.42. The molecular weight excluding hydrogens is 156 g/mol. The summed E-state index contributed by atoms with van der Waals surface area (Å²) in [5.74, 6) is 0.0310. The molecule has 1 atom stereocenters. The largest absolute Gasteiger partial charge is 0.395 e. The van der Waals surface area contributed by atoms with Gasteiger partial charge in [-0.05, 0) is 19.4 Å². The zero-order chi connectivity index (χ0) is 8.81. The number of rotatable bonds is 4. The van der Waals surface area contributed by atoms with Crippen LogP contribution in [0.25, 0.3) is 0 Å². The lowest BCUT2D eigenvalue weighted by atomic mass is 10.1. The Bertz CT molecular complexity index is 144. The van der Waals surface area contributed by atoms with E-state index in [0.717, 1.165) is 19.4 Å². The van der Waals surface area contributed by atoms with Gasteiger partial charge in [0, 0.05) is 19.0 Å². The molecule has 1 aliphatic rings. The smallest absolute Gasteiger partial charge is 0.221 e. The molecular formula is C8H16N2O2. The third kappa shape index (κ3) is 3.19. The minimum absolute atomic E-state index is 0.0177. The molecule has 1 rings (SSSR count). The van der Waals surface area contributed by atoms with E-state index in [-0.39, 0.29) is 12.5 Å². The van der Waals surface area contributed by atoms with Gasteiger partial charge in [0.1, 0.15) is 0 Å². The van der Waals surface area contributed by atoms with Crippen LogP contribution in [0.4, 0.5) is 0 Å². The summed E-state index contributed by atoms with van der Waals surface area (Å²) in [6.45, 7) is 1.41. The van der Waals surface area contributed by atoms with Crippen LogP contribution in [0.1, 0.15) is 19.3 Å². The summed E-state index contributed by atoms with van der Waals surface area (Å²) in [5, 5.41) is 14.3. The van der Waals surface area contributed by atoms with Crippen LogP contribution in [0.5, 0.6) is 0 Å². The van der Waals surface area contributed by atoms with Crippen LogP contribution in [-0.2, 0) is 4.79 Å². The number of aliphatic hydroxyl groups excluding tert-OH is 1. The van der Waals surface area contributed by atoms with Gasteiger partial charge in [0.2, 0.25) is 5.91 Å². The summed E-state index contributed by atoms with van der Waals surface area (Å²) in [5.41, 5.74) is 0. The third-order valence-corrected chi connectivity index (χ3v) is 2.03. The SMILES string of the molecule is O=C(CC1CCCN1)NCCO. The molecule has 0 aromatic carbocycles. The van der Waals surface area contributed by atoms with Crippen molar-refractivity contribution in [2.75, 3.05) is 19.7 Å². The highest BCUT2D eigenvalue weighted by atomic mass is 16.3. The first kappa shape index (κ1) is 9.48.